The summed E-state index contributed by atoms with van der Waals surface area (Å²) in [6, 6.07) is 8.72. The van der Waals surface area contributed by atoms with Crippen molar-refractivity contribution in [1.29, 1.82) is 0 Å². The molecule has 0 bridgehead atoms. The summed E-state index contributed by atoms with van der Waals surface area (Å²) >= 11 is 0. The Labute approximate surface area is 99.6 Å². The molecular formula is C10H9NaO2. The van der Waals surface area contributed by atoms with Crippen LogP contribution in [0.25, 0.3) is 5.76 Å². The largest absolute Gasteiger partial charge is 1.00 e. The molecule has 0 fully saturated rings. The molecule has 0 heterocycles. The first kappa shape index (κ1) is 12.4. The van der Waals surface area contributed by atoms with E-state index in [1.807, 2.05) is 6.07 Å². The summed E-state index contributed by atoms with van der Waals surface area (Å²) in [6.07, 6.45) is 1.09. The molecule has 1 rings (SSSR count). The van der Waals surface area contributed by atoms with E-state index in [-0.39, 0.29) is 41.1 Å². The maximum absolute atomic E-state index is 11.2. The first-order chi connectivity index (χ1) is 5.70. The Kier molecular flexibility index (Phi) is 5.71. The zero-order chi connectivity index (χ0) is 8.97. The smallest absolute Gasteiger partial charge is 0.872 e. The minimum absolute atomic E-state index is 0. The molecule has 3 heteroatoms. The van der Waals surface area contributed by atoms with Crippen molar-refractivity contribution in [2.45, 2.75) is 6.92 Å². The molecule has 0 unspecified atom stereocenters. The molecule has 0 saturated carbocycles. The van der Waals surface area contributed by atoms with Gasteiger partial charge in [-0.15, -0.1) is 0 Å². The molecule has 0 N–H and O–H groups in total. The van der Waals surface area contributed by atoms with Gasteiger partial charge in [0.25, 0.3) is 0 Å². The Morgan fingerprint density at radius 3 is 2.31 bits per heavy atom. The summed E-state index contributed by atoms with van der Waals surface area (Å²) < 4.78 is 0. The van der Waals surface area contributed by atoms with Crippen molar-refractivity contribution >= 4 is 11.5 Å². The fourth-order valence-electron chi connectivity index (χ4n) is 0.870. The van der Waals surface area contributed by atoms with Crippen LogP contribution in [0.15, 0.2) is 36.4 Å². The van der Waals surface area contributed by atoms with Gasteiger partial charge in [0.15, 0.2) is 5.78 Å². The topological polar surface area (TPSA) is 40.1 Å². The zero-order valence-corrected chi connectivity index (χ0v) is 9.78. The number of carbonyl (C=O) groups is 1. The van der Waals surface area contributed by atoms with Gasteiger partial charge in [-0.2, -0.15) is 0 Å². The van der Waals surface area contributed by atoms with Gasteiger partial charge in [-0.3, -0.25) is 4.79 Å². The van der Waals surface area contributed by atoms with E-state index in [0.29, 0.717) is 5.56 Å². The van der Waals surface area contributed by atoms with Crippen LogP contribution in [0.4, 0.5) is 0 Å². The van der Waals surface area contributed by atoms with Gasteiger partial charge in [0.05, 0.1) is 0 Å². The van der Waals surface area contributed by atoms with Crippen molar-refractivity contribution in [3.8, 4) is 0 Å². The van der Waals surface area contributed by atoms with Crippen LogP contribution < -0.4 is 34.7 Å². The molecule has 0 aliphatic heterocycles. The Morgan fingerprint density at radius 1 is 1.31 bits per heavy atom. The van der Waals surface area contributed by atoms with Crippen molar-refractivity contribution < 1.29 is 39.5 Å². The van der Waals surface area contributed by atoms with E-state index in [4.69, 9.17) is 0 Å². The summed E-state index contributed by atoms with van der Waals surface area (Å²) in [5.41, 5.74) is 0.549. The van der Waals surface area contributed by atoms with E-state index in [9.17, 15) is 9.90 Å². The first-order valence-corrected chi connectivity index (χ1v) is 3.65. The van der Waals surface area contributed by atoms with Crippen LogP contribution in [0.5, 0.6) is 0 Å². The summed E-state index contributed by atoms with van der Waals surface area (Å²) in [5.74, 6) is -0.452. The normalized spacial score (nSPS) is 10.4. The van der Waals surface area contributed by atoms with Crippen LogP contribution in [-0.4, -0.2) is 5.78 Å². The van der Waals surface area contributed by atoms with E-state index in [2.05, 4.69) is 0 Å². The van der Waals surface area contributed by atoms with Gasteiger partial charge < -0.3 is 5.11 Å². The molecule has 0 aliphatic rings. The average molecular weight is 184 g/mol. The van der Waals surface area contributed by atoms with E-state index in [1.165, 1.54) is 6.92 Å². The zero-order valence-electron chi connectivity index (χ0n) is 7.78. The second kappa shape index (κ2) is 5.97. The van der Waals surface area contributed by atoms with Crippen molar-refractivity contribution in [3.63, 3.8) is 0 Å². The van der Waals surface area contributed by atoms with Crippen LogP contribution in [0.2, 0.25) is 0 Å². The SMILES string of the molecule is CC(=O)/C=C(\[O-])c1ccccc1.[Na+]. The molecule has 0 atom stereocenters. The minimum Gasteiger partial charge on any atom is -0.872 e. The van der Waals surface area contributed by atoms with Crippen molar-refractivity contribution in [1.82, 2.24) is 0 Å². The molecule has 1 aromatic rings. The predicted molar refractivity (Wildman–Crippen MR) is 45.1 cm³/mol. The van der Waals surface area contributed by atoms with Gasteiger partial charge in [0.1, 0.15) is 0 Å². The molecule has 0 radical (unpaired) electrons. The third-order valence-electron chi connectivity index (χ3n) is 1.39. The summed E-state index contributed by atoms with van der Waals surface area (Å²) in [7, 11) is 0. The van der Waals surface area contributed by atoms with Crippen LogP contribution in [-0.2, 0) is 4.79 Å². The summed E-state index contributed by atoms with van der Waals surface area (Å²) in [6.45, 7) is 1.36. The molecule has 0 spiro atoms. The van der Waals surface area contributed by atoms with Crippen LogP contribution in [0, 0.1) is 0 Å². The van der Waals surface area contributed by atoms with Crippen molar-refractivity contribution in [3.05, 3.63) is 42.0 Å². The fraction of sp³-hybridized carbons (Fsp3) is 0.100. The van der Waals surface area contributed by atoms with E-state index >= 15 is 0 Å². The number of hydrogen-bond acceptors (Lipinski definition) is 2. The number of rotatable bonds is 2. The molecule has 0 aromatic heterocycles. The van der Waals surface area contributed by atoms with Gasteiger partial charge in [0.2, 0.25) is 0 Å². The van der Waals surface area contributed by atoms with Gasteiger partial charge in [-0.1, -0.05) is 36.1 Å². The predicted octanol–water partition coefficient (Wildman–Crippen LogP) is -2.02. The van der Waals surface area contributed by atoms with Crippen LogP contribution in [0.1, 0.15) is 12.5 Å². The van der Waals surface area contributed by atoms with E-state index in [1.54, 1.807) is 24.3 Å². The van der Waals surface area contributed by atoms with E-state index < -0.39 is 0 Å². The van der Waals surface area contributed by atoms with Crippen molar-refractivity contribution in [2.24, 2.45) is 0 Å². The first-order valence-electron chi connectivity index (χ1n) is 3.65. The Morgan fingerprint density at radius 2 is 1.85 bits per heavy atom. The van der Waals surface area contributed by atoms with Crippen LogP contribution >= 0.6 is 0 Å². The molecular weight excluding hydrogens is 175 g/mol. The third-order valence-corrected chi connectivity index (χ3v) is 1.39. The Bertz CT molecular complexity index is 304. The maximum atomic E-state index is 11.2. The average Bonchev–Trinajstić information content (AvgIpc) is 2.05. The van der Waals surface area contributed by atoms with Gasteiger partial charge >= 0.3 is 29.6 Å². The second-order valence-electron chi connectivity index (χ2n) is 2.49. The number of carbonyl (C=O) groups excluding carboxylic acids is 1. The molecule has 62 valence electrons. The molecule has 0 amide bonds. The number of benzene rings is 1. The minimum atomic E-state index is -0.233. The molecule has 0 aliphatic carbocycles. The number of allylic oxidation sites excluding steroid dienone is 1. The third kappa shape index (κ3) is 4.27. The molecule has 2 nitrogen and oxygen atoms in total. The van der Waals surface area contributed by atoms with Gasteiger partial charge in [-0.25, -0.2) is 0 Å². The number of ketones is 1. The standard InChI is InChI=1S/C10H10O2.Na/c1-8(11)7-10(12)9-5-3-2-4-6-9;/h2-7,12H,1H3;/q;+1/p-1/b10-7-;. The second-order valence-corrected chi connectivity index (χ2v) is 2.49. The summed E-state index contributed by atoms with van der Waals surface area (Å²) in [5, 5.41) is 11.2. The van der Waals surface area contributed by atoms with E-state index in [0.717, 1.165) is 6.08 Å². The fourth-order valence-corrected chi connectivity index (χ4v) is 0.870. The molecule has 0 saturated heterocycles. The Hall–Kier alpha value is -0.570. The summed E-state index contributed by atoms with van der Waals surface area (Å²) in [4.78, 5) is 10.6. The Balaban J connectivity index is 0.00000144. The van der Waals surface area contributed by atoms with Crippen LogP contribution in [0.3, 0.4) is 0 Å². The number of hydrogen-bond donors (Lipinski definition) is 0. The van der Waals surface area contributed by atoms with Crippen molar-refractivity contribution in [2.75, 3.05) is 0 Å². The van der Waals surface area contributed by atoms with Gasteiger partial charge in [0, 0.05) is 0 Å². The van der Waals surface area contributed by atoms with Gasteiger partial charge in [-0.05, 0) is 18.6 Å². The maximum Gasteiger partial charge on any atom is 1.00 e. The molecule has 13 heavy (non-hydrogen) atoms. The monoisotopic (exact) mass is 184 g/mol. The molecule has 1 aromatic carbocycles. The quantitative estimate of drug-likeness (QED) is 0.302.